The van der Waals surface area contributed by atoms with Gasteiger partial charge >= 0.3 is 11.9 Å². The number of allylic oxidation sites excluding steroid dienone is 2. The minimum absolute atomic E-state index is 0.00532. The van der Waals surface area contributed by atoms with Gasteiger partial charge in [-0.1, -0.05) is 148 Å². The number of ether oxygens (including phenoxy) is 1. The van der Waals surface area contributed by atoms with Gasteiger partial charge in [0.15, 0.2) is 0 Å². The fourth-order valence-corrected chi connectivity index (χ4v) is 5.02. The van der Waals surface area contributed by atoms with Crippen molar-refractivity contribution in [2.75, 3.05) is 6.61 Å². The van der Waals surface area contributed by atoms with Crippen molar-refractivity contribution in [3.63, 3.8) is 0 Å². The molecule has 0 radical (unpaired) electrons. The number of hydrogen-bond acceptors (Lipinski definition) is 3. The molecule has 0 aliphatic carbocycles. The molecule has 0 heterocycles. The van der Waals surface area contributed by atoms with Crippen LogP contribution in [-0.2, 0) is 14.3 Å². The molecular formula is C34H64O4. The Hall–Kier alpha value is -1.32. The minimum atomic E-state index is -0.886. The average molecular weight is 537 g/mol. The third-order valence-corrected chi connectivity index (χ3v) is 7.54. The molecule has 0 spiro atoms. The second-order valence-electron chi connectivity index (χ2n) is 11.4. The predicted octanol–water partition coefficient (Wildman–Crippen LogP) is 11.0. The molecule has 0 rings (SSSR count). The molecule has 0 fully saturated rings. The van der Waals surface area contributed by atoms with Crippen molar-refractivity contribution >= 4 is 11.9 Å². The van der Waals surface area contributed by atoms with E-state index in [1.807, 2.05) is 6.92 Å². The third kappa shape index (κ3) is 27.7. The van der Waals surface area contributed by atoms with Crippen molar-refractivity contribution in [1.82, 2.24) is 0 Å². The van der Waals surface area contributed by atoms with Crippen LogP contribution in [0.25, 0.3) is 0 Å². The lowest BCUT2D eigenvalue weighted by molar-refractivity contribution is -0.151. The van der Waals surface area contributed by atoms with Gasteiger partial charge in [0.05, 0.1) is 18.9 Å². The van der Waals surface area contributed by atoms with E-state index >= 15 is 0 Å². The van der Waals surface area contributed by atoms with Gasteiger partial charge in [-0.2, -0.15) is 0 Å². The summed E-state index contributed by atoms with van der Waals surface area (Å²) in [5.74, 6) is -1.89. The highest BCUT2D eigenvalue weighted by Gasteiger charge is 2.21. The molecule has 38 heavy (non-hydrogen) atoms. The summed E-state index contributed by atoms with van der Waals surface area (Å²) in [6, 6.07) is 0. The van der Waals surface area contributed by atoms with E-state index in [4.69, 9.17) is 4.74 Å². The minimum Gasteiger partial charge on any atom is -0.481 e. The lowest BCUT2D eigenvalue weighted by atomic mass is 9.97. The smallest absolute Gasteiger partial charge is 0.307 e. The van der Waals surface area contributed by atoms with E-state index in [-0.39, 0.29) is 12.4 Å². The number of hydrogen-bond donors (Lipinski definition) is 1. The Kier molecular flexibility index (Phi) is 29.2. The summed E-state index contributed by atoms with van der Waals surface area (Å²) in [6.07, 6.45) is 36.6. The van der Waals surface area contributed by atoms with Gasteiger partial charge in [0.25, 0.3) is 0 Å². The highest BCUT2D eigenvalue weighted by Crippen LogP contribution is 2.17. The average Bonchev–Trinajstić information content (AvgIpc) is 2.91. The number of esters is 1. The summed E-state index contributed by atoms with van der Waals surface area (Å²) in [4.78, 5) is 23.0. The van der Waals surface area contributed by atoms with Crippen LogP contribution in [0.1, 0.15) is 181 Å². The van der Waals surface area contributed by atoms with Crippen molar-refractivity contribution in [3.8, 4) is 0 Å². The molecule has 0 aromatic heterocycles. The Morgan fingerprint density at radius 1 is 0.579 bits per heavy atom. The molecule has 0 saturated carbocycles. The van der Waals surface area contributed by atoms with Gasteiger partial charge < -0.3 is 9.84 Å². The maximum Gasteiger partial charge on any atom is 0.307 e. The van der Waals surface area contributed by atoms with Crippen LogP contribution in [0, 0.1) is 5.92 Å². The Morgan fingerprint density at radius 2 is 0.974 bits per heavy atom. The summed E-state index contributed by atoms with van der Waals surface area (Å²) in [5, 5.41) is 9.32. The normalized spacial score (nSPS) is 12.3. The van der Waals surface area contributed by atoms with E-state index in [1.165, 1.54) is 122 Å². The highest BCUT2D eigenvalue weighted by atomic mass is 16.5. The number of aliphatic carboxylic acids is 1. The SMILES string of the molecule is CCCCCCCCCCCCCCCCCCCC/C=C/CCCCCC(CC(=O)OCCC)C(=O)O. The molecule has 4 heteroatoms. The van der Waals surface area contributed by atoms with Crippen molar-refractivity contribution in [3.05, 3.63) is 12.2 Å². The van der Waals surface area contributed by atoms with Crippen molar-refractivity contribution in [2.45, 2.75) is 181 Å². The molecule has 224 valence electrons. The van der Waals surface area contributed by atoms with Crippen molar-refractivity contribution < 1.29 is 19.4 Å². The zero-order chi connectivity index (χ0) is 27.9. The Labute approximate surface area is 236 Å². The van der Waals surface area contributed by atoms with E-state index in [9.17, 15) is 14.7 Å². The molecule has 0 aliphatic heterocycles. The number of carbonyl (C=O) groups is 2. The van der Waals surface area contributed by atoms with Crippen LogP contribution in [0.5, 0.6) is 0 Å². The molecule has 0 aromatic rings. The Bertz CT molecular complexity index is 543. The fraction of sp³-hybridized carbons (Fsp3) is 0.882. The van der Waals surface area contributed by atoms with Gasteiger partial charge in [-0.15, -0.1) is 0 Å². The lowest BCUT2D eigenvalue weighted by Gasteiger charge is -2.11. The molecule has 0 amide bonds. The third-order valence-electron chi connectivity index (χ3n) is 7.54. The van der Waals surface area contributed by atoms with Gasteiger partial charge in [-0.3, -0.25) is 9.59 Å². The first-order valence-corrected chi connectivity index (χ1v) is 16.6. The molecule has 4 nitrogen and oxygen atoms in total. The van der Waals surface area contributed by atoms with Crippen molar-refractivity contribution in [1.29, 1.82) is 0 Å². The summed E-state index contributed by atoms with van der Waals surface area (Å²) in [7, 11) is 0. The van der Waals surface area contributed by atoms with Crippen molar-refractivity contribution in [2.24, 2.45) is 5.92 Å². The molecular weight excluding hydrogens is 472 g/mol. The van der Waals surface area contributed by atoms with E-state index in [0.29, 0.717) is 13.0 Å². The summed E-state index contributed by atoms with van der Waals surface area (Å²) >= 11 is 0. The molecule has 1 N–H and O–H groups in total. The van der Waals surface area contributed by atoms with Crippen LogP contribution in [0.3, 0.4) is 0 Å². The lowest BCUT2D eigenvalue weighted by Crippen LogP contribution is -2.19. The van der Waals surface area contributed by atoms with Gasteiger partial charge in [-0.05, 0) is 38.5 Å². The first-order chi connectivity index (χ1) is 18.6. The maximum atomic E-state index is 11.7. The largest absolute Gasteiger partial charge is 0.481 e. The zero-order valence-corrected chi connectivity index (χ0v) is 25.5. The molecule has 1 unspecified atom stereocenters. The standard InChI is InChI=1S/C34H64O4/c1-3-5-6-7-8-9-10-11-12-13-14-15-16-17-18-19-20-21-22-23-24-25-26-27-28-29-32(34(36)37)31-33(35)38-30-4-2/h23-24,32H,3-22,25-31H2,1-2H3,(H,36,37)/b24-23+. The number of carboxylic acid groups (broad SMARTS) is 1. The van der Waals surface area contributed by atoms with Crippen LogP contribution in [0.15, 0.2) is 12.2 Å². The number of carboxylic acids is 1. The maximum absolute atomic E-state index is 11.7. The highest BCUT2D eigenvalue weighted by molar-refractivity contribution is 5.78. The summed E-state index contributed by atoms with van der Waals surface area (Å²) < 4.78 is 5.02. The molecule has 1 atom stereocenters. The molecule has 0 aliphatic rings. The first kappa shape index (κ1) is 36.7. The Morgan fingerprint density at radius 3 is 1.37 bits per heavy atom. The summed E-state index contributed by atoms with van der Waals surface area (Å²) in [6.45, 7) is 4.59. The zero-order valence-electron chi connectivity index (χ0n) is 25.5. The quantitative estimate of drug-likeness (QED) is 0.0563. The van der Waals surface area contributed by atoms with Gasteiger partial charge in [0.2, 0.25) is 0 Å². The number of carbonyl (C=O) groups excluding carboxylic acids is 1. The van der Waals surface area contributed by atoms with Crippen LogP contribution >= 0.6 is 0 Å². The fourth-order valence-electron chi connectivity index (χ4n) is 5.02. The topological polar surface area (TPSA) is 63.6 Å². The van der Waals surface area contributed by atoms with E-state index in [1.54, 1.807) is 0 Å². The van der Waals surface area contributed by atoms with Gasteiger partial charge in [-0.25, -0.2) is 0 Å². The predicted molar refractivity (Wildman–Crippen MR) is 163 cm³/mol. The van der Waals surface area contributed by atoms with E-state index in [2.05, 4.69) is 19.1 Å². The molecule has 0 aromatic carbocycles. The van der Waals surface area contributed by atoms with Crippen LogP contribution in [0.2, 0.25) is 0 Å². The Balaban J connectivity index is 3.35. The number of unbranched alkanes of at least 4 members (excludes halogenated alkanes) is 21. The van der Waals surface area contributed by atoms with E-state index in [0.717, 1.165) is 32.1 Å². The first-order valence-electron chi connectivity index (χ1n) is 16.6. The van der Waals surface area contributed by atoms with Crippen LogP contribution in [-0.4, -0.2) is 23.7 Å². The van der Waals surface area contributed by atoms with Gasteiger partial charge in [0.1, 0.15) is 0 Å². The molecule has 0 saturated heterocycles. The monoisotopic (exact) mass is 536 g/mol. The molecule has 0 bridgehead atoms. The number of rotatable bonds is 30. The van der Waals surface area contributed by atoms with Gasteiger partial charge in [0, 0.05) is 0 Å². The summed E-state index contributed by atoms with van der Waals surface area (Å²) in [5.41, 5.74) is 0. The van der Waals surface area contributed by atoms with Crippen LogP contribution in [0.4, 0.5) is 0 Å². The van der Waals surface area contributed by atoms with Crippen LogP contribution < -0.4 is 0 Å². The second kappa shape index (κ2) is 30.2. The second-order valence-corrected chi connectivity index (χ2v) is 11.4. The van der Waals surface area contributed by atoms with E-state index < -0.39 is 11.9 Å².